The maximum Gasteiger partial charge on any atom is 0.106 e. The van der Waals surface area contributed by atoms with Gasteiger partial charge < -0.3 is 4.84 Å². The van der Waals surface area contributed by atoms with E-state index in [-0.39, 0.29) is 0 Å². The van der Waals surface area contributed by atoms with Crippen LogP contribution in [0.3, 0.4) is 0 Å². The van der Waals surface area contributed by atoms with Crippen LogP contribution in [0, 0.1) is 27.7 Å². The minimum atomic E-state index is 0.940. The highest BCUT2D eigenvalue weighted by atomic mass is 16.6. The third-order valence-electron chi connectivity index (χ3n) is 2.95. The predicted molar refractivity (Wildman–Crippen MR) is 64.6 cm³/mol. The van der Waals surface area contributed by atoms with Crippen LogP contribution in [0.2, 0.25) is 0 Å². The van der Waals surface area contributed by atoms with Crippen LogP contribution in [0.5, 0.6) is 0 Å². The molecule has 0 radical (unpaired) electrons. The summed E-state index contributed by atoms with van der Waals surface area (Å²) in [6, 6.07) is 2.20. The first-order chi connectivity index (χ1) is 6.99. The van der Waals surface area contributed by atoms with Crippen molar-refractivity contribution in [3.8, 4) is 0 Å². The summed E-state index contributed by atoms with van der Waals surface area (Å²) < 4.78 is 0. The Labute approximate surface area is 91.9 Å². The zero-order valence-corrected chi connectivity index (χ0v) is 10.4. The van der Waals surface area contributed by atoms with Gasteiger partial charge in [0.2, 0.25) is 0 Å². The molecule has 0 aliphatic rings. The standard InChI is InChI=1S/C13H19NO/c1-8-7-9(2)13(11(4)10(8)3)12(5)14-15-6/h7H,1-6H3. The largest absolute Gasteiger partial charge is 0.399 e. The number of benzene rings is 1. The summed E-state index contributed by atoms with van der Waals surface area (Å²) in [5.74, 6) is 0. The smallest absolute Gasteiger partial charge is 0.106 e. The molecule has 0 saturated heterocycles. The molecular weight excluding hydrogens is 186 g/mol. The van der Waals surface area contributed by atoms with Crippen molar-refractivity contribution in [3.63, 3.8) is 0 Å². The monoisotopic (exact) mass is 205 g/mol. The van der Waals surface area contributed by atoms with Crippen molar-refractivity contribution in [1.29, 1.82) is 0 Å². The minimum Gasteiger partial charge on any atom is -0.399 e. The highest BCUT2D eigenvalue weighted by Crippen LogP contribution is 2.22. The fraction of sp³-hybridized carbons (Fsp3) is 0.462. The van der Waals surface area contributed by atoms with E-state index in [9.17, 15) is 0 Å². The predicted octanol–water partition coefficient (Wildman–Crippen LogP) is 3.29. The van der Waals surface area contributed by atoms with E-state index in [1.807, 2.05) is 6.92 Å². The Hall–Kier alpha value is -1.31. The van der Waals surface area contributed by atoms with Crippen LogP contribution in [0.1, 0.15) is 34.7 Å². The van der Waals surface area contributed by atoms with Crippen LogP contribution >= 0.6 is 0 Å². The molecule has 0 bridgehead atoms. The molecule has 0 saturated carbocycles. The molecule has 0 aliphatic heterocycles. The normalized spacial score (nSPS) is 11.7. The van der Waals surface area contributed by atoms with Crippen LogP contribution < -0.4 is 0 Å². The number of oxime groups is 1. The summed E-state index contributed by atoms with van der Waals surface area (Å²) in [6.07, 6.45) is 0. The van der Waals surface area contributed by atoms with Gasteiger partial charge in [-0.15, -0.1) is 0 Å². The van der Waals surface area contributed by atoms with Gasteiger partial charge in [0, 0.05) is 5.56 Å². The Morgan fingerprint density at radius 2 is 1.67 bits per heavy atom. The minimum absolute atomic E-state index is 0.940. The number of hydrogen-bond donors (Lipinski definition) is 0. The van der Waals surface area contributed by atoms with Crippen molar-refractivity contribution in [2.45, 2.75) is 34.6 Å². The number of hydrogen-bond acceptors (Lipinski definition) is 2. The molecule has 15 heavy (non-hydrogen) atoms. The Kier molecular flexibility index (Phi) is 3.51. The van der Waals surface area contributed by atoms with Gasteiger partial charge in [-0.2, -0.15) is 0 Å². The second kappa shape index (κ2) is 4.47. The van der Waals surface area contributed by atoms with Gasteiger partial charge in [0.05, 0.1) is 5.71 Å². The van der Waals surface area contributed by atoms with Crippen LogP contribution in [-0.2, 0) is 4.84 Å². The molecule has 0 amide bonds. The van der Waals surface area contributed by atoms with Crippen LogP contribution in [0.25, 0.3) is 0 Å². The number of rotatable bonds is 2. The number of nitrogens with zero attached hydrogens (tertiary/aromatic N) is 1. The second-order valence-corrected chi connectivity index (χ2v) is 3.99. The molecular formula is C13H19NO. The van der Waals surface area contributed by atoms with Crippen molar-refractivity contribution in [2.24, 2.45) is 5.16 Å². The van der Waals surface area contributed by atoms with Gasteiger partial charge in [-0.1, -0.05) is 11.2 Å². The fourth-order valence-electron chi connectivity index (χ4n) is 2.02. The second-order valence-electron chi connectivity index (χ2n) is 3.99. The third kappa shape index (κ3) is 2.20. The van der Waals surface area contributed by atoms with Gasteiger partial charge in [0.15, 0.2) is 0 Å². The topological polar surface area (TPSA) is 21.6 Å². The molecule has 0 N–H and O–H groups in total. The van der Waals surface area contributed by atoms with E-state index in [2.05, 4.69) is 38.9 Å². The first-order valence-electron chi connectivity index (χ1n) is 5.14. The lowest BCUT2D eigenvalue weighted by Crippen LogP contribution is -2.05. The summed E-state index contributed by atoms with van der Waals surface area (Å²) >= 11 is 0. The quantitative estimate of drug-likeness (QED) is 0.536. The van der Waals surface area contributed by atoms with Crippen molar-refractivity contribution in [1.82, 2.24) is 0 Å². The summed E-state index contributed by atoms with van der Waals surface area (Å²) in [4.78, 5) is 4.83. The van der Waals surface area contributed by atoms with Gasteiger partial charge >= 0.3 is 0 Å². The SMILES string of the molecule is CON=C(C)c1c(C)cc(C)c(C)c1C. The molecule has 0 aliphatic carbocycles. The molecule has 2 nitrogen and oxygen atoms in total. The van der Waals surface area contributed by atoms with Gasteiger partial charge in [0.25, 0.3) is 0 Å². The molecule has 82 valence electrons. The number of aryl methyl sites for hydroxylation is 2. The summed E-state index contributed by atoms with van der Waals surface area (Å²) in [5, 5.41) is 4.00. The summed E-state index contributed by atoms with van der Waals surface area (Å²) in [7, 11) is 1.58. The third-order valence-corrected chi connectivity index (χ3v) is 2.95. The molecule has 0 aromatic heterocycles. The highest BCUT2D eigenvalue weighted by molar-refractivity contribution is 6.01. The molecule has 1 aromatic carbocycles. The first-order valence-corrected chi connectivity index (χ1v) is 5.14. The average Bonchev–Trinajstić information content (AvgIpc) is 2.15. The molecule has 1 rings (SSSR count). The molecule has 2 heteroatoms. The van der Waals surface area contributed by atoms with E-state index >= 15 is 0 Å². The highest BCUT2D eigenvalue weighted by Gasteiger charge is 2.10. The van der Waals surface area contributed by atoms with E-state index in [1.54, 1.807) is 7.11 Å². The Bertz CT molecular complexity index is 405. The van der Waals surface area contributed by atoms with Gasteiger partial charge in [0.1, 0.15) is 7.11 Å². The van der Waals surface area contributed by atoms with Crippen molar-refractivity contribution in [3.05, 3.63) is 33.9 Å². The molecule has 1 aromatic rings. The summed E-state index contributed by atoms with van der Waals surface area (Å²) in [6.45, 7) is 10.5. The zero-order valence-electron chi connectivity index (χ0n) is 10.4. The summed E-state index contributed by atoms with van der Waals surface area (Å²) in [5.41, 5.74) is 7.37. The van der Waals surface area contributed by atoms with Crippen LogP contribution in [0.15, 0.2) is 11.2 Å². The average molecular weight is 205 g/mol. The first kappa shape index (κ1) is 11.8. The maximum atomic E-state index is 4.83. The van der Waals surface area contributed by atoms with E-state index in [4.69, 9.17) is 4.84 Å². The van der Waals surface area contributed by atoms with E-state index in [1.165, 1.54) is 27.8 Å². The van der Waals surface area contributed by atoms with Crippen molar-refractivity contribution in [2.75, 3.05) is 7.11 Å². The van der Waals surface area contributed by atoms with Crippen molar-refractivity contribution >= 4 is 5.71 Å². The van der Waals surface area contributed by atoms with Crippen LogP contribution in [-0.4, -0.2) is 12.8 Å². The van der Waals surface area contributed by atoms with Gasteiger partial charge in [-0.25, -0.2) is 0 Å². The molecule has 0 spiro atoms. The molecule has 0 heterocycles. The van der Waals surface area contributed by atoms with Gasteiger partial charge in [-0.3, -0.25) is 0 Å². The Balaban J connectivity index is 3.42. The maximum absolute atomic E-state index is 4.83. The fourth-order valence-corrected chi connectivity index (χ4v) is 2.02. The van der Waals surface area contributed by atoms with Crippen molar-refractivity contribution < 1.29 is 4.84 Å². The molecule has 0 atom stereocenters. The van der Waals surface area contributed by atoms with E-state index in [0.29, 0.717) is 0 Å². The molecule has 0 unspecified atom stereocenters. The molecule has 0 fully saturated rings. The Morgan fingerprint density at radius 3 is 2.20 bits per heavy atom. The lowest BCUT2D eigenvalue weighted by molar-refractivity contribution is 0.213. The van der Waals surface area contributed by atoms with Crippen LogP contribution in [0.4, 0.5) is 0 Å². The van der Waals surface area contributed by atoms with E-state index < -0.39 is 0 Å². The van der Waals surface area contributed by atoms with E-state index in [0.717, 1.165) is 5.71 Å². The zero-order chi connectivity index (χ0) is 11.6. The lowest BCUT2D eigenvalue weighted by atomic mass is 9.92. The Morgan fingerprint density at radius 1 is 1.07 bits per heavy atom. The lowest BCUT2D eigenvalue weighted by Gasteiger charge is -2.14. The van der Waals surface area contributed by atoms with Gasteiger partial charge in [-0.05, 0) is 56.9 Å².